The van der Waals surface area contributed by atoms with Gasteiger partial charge in [-0.1, -0.05) is 18.2 Å². The van der Waals surface area contributed by atoms with Crippen LogP contribution < -0.4 is 5.32 Å². The van der Waals surface area contributed by atoms with E-state index >= 15 is 0 Å². The highest BCUT2D eigenvalue weighted by Gasteiger charge is 2.18. The summed E-state index contributed by atoms with van der Waals surface area (Å²) in [4.78, 5) is 11.8. The lowest BCUT2D eigenvalue weighted by molar-refractivity contribution is 0.0943. The lowest BCUT2D eigenvalue weighted by atomic mass is 10.2. The summed E-state index contributed by atoms with van der Waals surface area (Å²) in [6.07, 6.45) is 0. The van der Waals surface area contributed by atoms with E-state index < -0.39 is 28.9 Å². The molecule has 0 unspecified atom stereocenters. The van der Waals surface area contributed by atoms with Crippen LogP contribution in [-0.4, -0.2) is 5.91 Å². The number of hydrogen-bond acceptors (Lipinski definition) is 2. The zero-order valence-electron chi connectivity index (χ0n) is 11.2. The van der Waals surface area contributed by atoms with E-state index in [9.17, 15) is 18.0 Å². The van der Waals surface area contributed by atoms with Crippen molar-refractivity contribution in [3.8, 4) is 0 Å². The maximum absolute atomic E-state index is 13.5. The van der Waals surface area contributed by atoms with Crippen molar-refractivity contribution < 1.29 is 22.4 Å². The van der Waals surface area contributed by atoms with Crippen LogP contribution in [0.15, 0.2) is 46.9 Å². The summed E-state index contributed by atoms with van der Waals surface area (Å²) in [5.74, 6) is -4.90. The fraction of sp³-hybridized carbons (Fsp3) is 0.0625. The average molecular weight is 305 g/mol. The van der Waals surface area contributed by atoms with E-state index in [0.29, 0.717) is 17.4 Å². The van der Waals surface area contributed by atoms with Gasteiger partial charge in [0.2, 0.25) is 0 Å². The molecular weight excluding hydrogens is 295 g/mol. The number of hydrogen-bond donors (Lipinski definition) is 1. The number of nitrogens with one attached hydrogen (secondary N) is 1. The maximum atomic E-state index is 13.5. The number of amides is 1. The number of halogens is 3. The Bertz CT molecular complexity index is 825. The van der Waals surface area contributed by atoms with Gasteiger partial charge < -0.3 is 9.73 Å². The first kappa shape index (κ1) is 14.2. The lowest BCUT2D eigenvalue weighted by Gasteiger charge is -2.05. The van der Waals surface area contributed by atoms with Crippen LogP contribution >= 0.6 is 0 Å². The topological polar surface area (TPSA) is 42.2 Å². The summed E-state index contributed by atoms with van der Waals surface area (Å²) in [7, 11) is 0. The number of fused-ring (bicyclic) bond motifs is 1. The summed E-state index contributed by atoms with van der Waals surface area (Å²) in [6, 6.07) is 10.6. The Morgan fingerprint density at radius 1 is 1.05 bits per heavy atom. The van der Waals surface area contributed by atoms with Crippen LogP contribution in [0.3, 0.4) is 0 Å². The molecule has 3 nitrogen and oxygen atoms in total. The van der Waals surface area contributed by atoms with Crippen molar-refractivity contribution in [1.29, 1.82) is 0 Å². The van der Waals surface area contributed by atoms with E-state index in [1.807, 2.05) is 18.2 Å². The molecule has 0 fully saturated rings. The third-order valence-corrected chi connectivity index (χ3v) is 3.18. The van der Waals surface area contributed by atoms with Crippen molar-refractivity contribution in [1.82, 2.24) is 5.32 Å². The molecule has 1 heterocycles. The molecule has 1 N–H and O–H groups in total. The van der Waals surface area contributed by atoms with E-state index in [1.54, 1.807) is 12.1 Å². The molecule has 112 valence electrons. The smallest absolute Gasteiger partial charge is 0.254 e. The van der Waals surface area contributed by atoms with Gasteiger partial charge in [-0.2, -0.15) is 0 Å². The summed E-state index contributed by atoms with van der Waals surface area (Å²) in [5.41, 5.74) is 0.0979. The van der Waals surface area contributed by atoms with Crippen molar-refractivity contribution in [3.05, 3.63) is 71.2 Å². The Morgan fingerprint density at radius 3 is 2.59 bits per heavy atom. The zero-order chi connectivity index (χ0) is 15.7. The molecule has 3 rings (SSSR count). The van der Waals surface area contributed by atoms with Crippen LogP contribution in [0.1, 0.15) is 16.1 Å². The largest absolute Gasteiger partial charge is 0.459 e. The monoisotopic (exact) mass is 305 g/mol. The van der Waals surface area contributed by atoms with E-state index in [4.69, 9.17) is 4.42 Å². The fourth-order valence-corrected chi connectivity index (χ4v) is 2.09. The van der Waals surface area contributed by atoms with Gasteiger partial charge in [0.15, 0.2) is 17.5 Å². The molecule has 0 aliphatic rings. The molecule has 3 aromatic rings. The van der Waals surface area contributed by atoms with Gasteiger partial charge in [0, 0.05) is 5.39 Å². The normalized spacial score (nSPS) is 10.9. The van der Waals surface area contributed by atoms with Crippen molar-refractivity contribution in [2.45, 2.75) is 6.54 Å². The van der Waals surface area contributed by atoms with Gasteiger partial charge in [0.05, 0.1) is 12.1 Å². The highest BCUT2D eigenvalue weighted by molar-refractivity contribution is 5.94. The number of rotatable bonds is 3. The number of benzene rings is 2. The molecule has 0 radical (unpaired) electrons. The fourth-order valence-electron chi connectivity index (χ4n) is 2.09. The van der Waals surface area contributed by atoms with Crippen LogP contribution in [0, 0.1) is 17.5 Å². The number of carbonyl (C=O) groups excluding carboxylic acids is 1. The van der Waals surface area contributed by atoms with E-state index in [-0.39, 0.29) is 6.54 Å². The van der Waals surface area contributed by atoms with Crippen molar-refractivity contribution in [2.24, 2.45) is 0 Å². The van der Waals surface area contributed by atoms with Crippen molar-refractivity contribution >= 4 is 16.9 Å². The Hall–Kier alpha value is -2.76. The quantitative estimate of drug-likeness (QED) is 0.748. The first-order valence-electron chi connectivity index (χ1n) is 6.45. The zero-order valence-corrected chi connectivity index (χ0v) is 11.2. The van der Waals surface area contributed by atoms with Crippen LogP contribution in [0.2, 0.25) is 0 Å². The molecule has 0 bridgehead atoms. The summed E-state index contributed by atoms with van der Waals surface area (Å²) < 4.78 is 44.9. The Labute approximate surface area is 123 Å². The number of furan rings is 1. The Kier molecular flexibility index (Phi) is 3.58. The minimum atomic E-state index is -1.67. The van der Waals surface area contributed by atoms with Crippen LogP contribution in [0.5, 0.6) is 0 Å². The third kappa shape index (κ3) is 2.55. The van der Waals surface area contributed by atoms with Crippen LogP contribution in [0.25, 0.3) is 11.0 Å². The van der Waals surface area contributed by atoms with Gasteiger partial charge in [-0.25, -0.2) is 13.2 Å². The van der Waals surface area contributed by atoms with Crippen molar-refractivity contribution in [3.63, 3.8) is 0 Å². The summed E-state index contributed by atoms with van der Waals surface area (Å²) >= 11 is 0. The second kappa shape index (κ2) is 5.55. The number of carbonyl (C=O) groups is 1. The van der Waals surface area contributed by atoms with E-state index in [1.165, 1.54) is 0 Å². The van der Waals surface area contributed by atoms with Gasteiger partial charge in [-0.3, -0.25) is 4.79 Å². The molecule has 2 aromatic carbocycles. The van der Waals surface area contributed by atoms with Gasteiger partial charge in [-0.05, 0) is 24.3 Å². The van der Waals surface area contributed by atoms with Gasteiger partial charge >= 0.3 is 0 Å². The molecule has 0 atom stereocenters. The predicted octanol–water partition coefficient (Wildman–Crippen LogP) is 3.78. The SMILES string of the molecule is O=C(NCc1cc2ccccc2o1)c1ccc(F)c(F)c1F. The standard InChI is InChI=1S/C16H10F3NO2/c17-12-6-5-11(14(18)15(12)19)16(21)20-8-10-7-9-3-1-2-4-13(9)22-10/h1-7H,8H2,(H,20,21). The number of para-hydroxylation sites is 1. The van der Waals surface area contributed by atoms with E-state index in [2.05, 4.69) is 5.32 Å². The van der Waals surface area contributed by atoms with Gasteiger partial charge in [0.25, 0.3) is 5.91 Å². The first-order valence-corrected chi connectivity index (χ1v) is 6.45. The highest BCUT2D eigenvalue weighted by Crippen LogP contribution is 2.19. The summed E-state index contributed by atoms with van der Waals surface area (Å²) in [6.45, 7) is 0.00590. The van der Waals surface area contributed by atoms with Gasteiger partial charge in [-0.15, -0.1) is 0 Å². The van der Waals surface area contributed by atoms with Crippen molar-refractivity contribution in [2.75, 3.05) is 0 Å². The second-order valence-corrected chi connectivity index (χ2v) is 4.66. The molecule has 0 saturated heterocycles. The molecule has 22 heavy (non-hydrogen) atoms. The second-order valence-electron chi connectivity index (χ2n) is 4.66. The molecule has 6 heteroatoms. The summed E-state index contributed by atoms with van der Waals surface area (Å²) in [5, 5.41) is 3.27. The molecule has 0 spiro atoms. The molecule has 0 aliphatic heterocycles. The maximum Gasteiger partial charge on any atom is 0.254 e. The van der Waals surface area contributed by atoms with Crippen LogP contribution in [0.4, 0.5) is 13.2 Å². The molecule has 1 aromatic heterocycles. The Balaban J connectivity index is 1.76. The third-order valence-electron chi connectivity index (χ3n) is 3.18. The predicted molar refractivity (Wildman–Crippen MR) is 73.7 cm³/mol. The van der Waals surface area contributed by atoms with Crippen LogP contribution in [-0.2, 0) is 6.54 Å². The highest BCUT2D eigenvalue weighted by atomic mass is 19.2. The van der Waals surface area contributed by atoms with Gasteiger partial charge in [0.1, 0.15) is 11.3 Å². The molecule has 1 amide bonds. The first-order chi connectivity index (χ1) is 10.6. The Morgan fingerprint density at radius 2 is 1.82 bits per heavy atom. The average Bonchev–Trinajstić information content (AvgIpc) is 2.93. The minimum absolute atomic E-state index is 0.00590. The van der Waals surface area contributed by atoms with E-state index in [0.717, 1.165) is 11.5 Å². The minimum Gasteiger partial charge on any atom is -0.459 e. The molecule has 0 aliphatic carbocycles. The molecular formula is C16H10F3NO2. The molecule has 0 saturated carbocycles. The lowest BCUT2D eigenvalue weighted by Crippen LogP contribution is -2.24.